The molecule has 0 saturated heterocycles. The van der Waals surface area contributed by atoms with E-state index in [-0.39, 0.29) is 24.2 Å². The smallest absolute Gasteiger partial charge is 0.339 e. The van der Waals surface area contributed by atoms with Crippen LogP contribution in [0.25, 0.3) is 22.5 Å². The number of aromatic nitrogens is 6. The summed E-state index contributed by atoms with van der Waals surface area (Å²) in [7, 11) is 0. The highest BCUT2D eigenvalue weighted by Crippen LogP contribution is 2.47. The lowest BCUT2D eigenvalue weighted by atomic mass is 9.77. The zero-order valence-corrected chi connectivity index (χ0v) is 27.9. The maximum Gasteiger partial charge on any atom is 0.339 e. The van der Waals surface area contributed by atoms with Crippen LogP contribution >= 0.6 is 0 Å². The zero-order valence-electron chi connectivity index (χ0n) is 27.9. The molecule has 0 spiro atoms. The van der Waals surface area contributed by atoms with Gasteiger partial charge in [-0.3, -0.25) is 9.48 Å². The summed E-state index contributed by atoms with van der Waals surface area (Å²) >= 11 is 0. The predicted molar refractivity (Wildman–Crippen MR) is 183 cm³/mol. The van der Waals surface area contributed by atoms with Crippen molar-refractivity contribution in [2.75, 3.05) is 6.61 Å². The normalized spacial score (nSPS) is 17.9. The molecule has 1 N–H and O–H groups in total. The van der Waals surface area contributed by atoms with E-state index in [0.717, 1.165) is 65.6 Å². The van der Waals surface area contributed by atoms with Crippen LogP contribution in [0.4, 0.5) is 0 Å². The van der Waals surface area contributed by atoms with E-state index in [2.05, 4.69) is 51.8 Å². The average Bonchev–Trinajstić information content (AvgIpc) is 3.78. The standard InChI is InChI=1S/C38H40N6O5/c1-3-5-6-11-33-32(24-25-12-14-26(15-13-25)30-9-7-8-10-31(30)34-39-41-42-40-34)35(45)43-28-20-22-38(23-21-28,44(33)43)37(47)49-29-18-16-27(17-19-29)36(46)48-4-2/h7-10,12-19,28H,3-6,11,20-24H2,1-2H3,(H,39,40,41,42). The first-order chi connectivity index (χ1) is 23.9. The Balaban J connectivity index is 1.21. The van der Waals surface area contributed by atoms with E-state index in [1.54, 1.807) is 31.2 Å². The van der Waals surface area contributed by atoms with Crippen molar-refractivity contribution >= 4 is 11.9 Å². The molecule has 5 aromatic rings. The summed E-state index contributed by atoms with van der Waals surface area (Å²) in [5.41, 5.74) is 5.03. The summed E-state index contributed by atoms with van der Waals surface area (Å²) in [6, 6.07) is 22.7. The molecule has 2 aromatic heterocycles. The number of benzene rings is 3. The quantitative estimate of drug-likeness (QED) is 0.0920. The van der Waals surface area contributed by atoms with Crippen LogP contribution < -0.4 is 10.3 Å². The summed E-state index contributed by atoms with van der Waals surface area (Å²) in [5.74, 6) is 0.162. The third-order valence-corrected chi connectivity index (χ3v) is 9.97. The van der Waals surface area contributed by atoms with E-state index in [9.17, 15) is 14.4 Å². The Morgan fingerprint density at radius 3 is 2.35 bits per heavy atom. The fourth-order valence-corrected chi connectivity index (χ4v) is 7.50. The van der Waals surface area contributed by atoms with Gasteiger partial charge in [-0.05, 0) is 96.8 Å². The topological polar surface area (TPSA) is 134 Å². The lowest BCUT2D eigenvalue weighted by Gasteiger charge is -2.47. The molecule has 1 aliphatic carbocycles. The van der Waals surface area contributed by atoms with Gasteiger partial charge in [-0.25, -0.2) is 19.4 Å². The predicted octanol–water partition coefficient (Wildman–Crippen LogP) is 6.43. The van der Waals surface area contributed by atoms with Crippen LogP contribution in [0.3, 0.4) is 0 Å². The first kappa shape index (κ1) is 32.2. The van der Waals surface area contributed by atoms with Crippen LogP contribution in [0.5, 0.6) is 5.75 Å². The van der Waals surface area contributed by atoms with Gasteiger partial charge < -0.3 is 9.47 Å². The number of esters is 2. The van der Waals surface area contributed by atoms with Crippen LogP contribution in [0, 0.1) is 0 Å². The van der Waals surface area contributed by atoms with Gasteiger partial charge in [0.05, 0.1) is 18.2 Å². The minimum Gasteiger partial charge on any atom is -0.462 e. The molecule has 0 radical (unpaired) electrons. The average molecular weight is 661 g/mol. The van der Waals surface area contributed by atoms with Crippen LogP contribution in [0.15, 0.2) is 77.6 Å². The molecule has 0 amide bonds. The molecule has 2 bridgehead atoms. The van der Waals surface area contributed by atoms with Crippen molar-refractivity contribution < 1.29 is 19.1 Å². The van der Waals surface area contributed by atoms with E-state index in [1.807, 2.05) is 33.6 Å². The first-order valence-corrected chi connectivity index (χ1v) is 17.2. The maximum atomic E-state index is 14.3. The van der Waals surface area contributed by atoms with Crippen LogP contribution in [0.2, 0.25) is 0 Å². The molecular weight excluding hydrogens is 620 g/mol. The molecule has 2 aliphatic heterocycles. The molecule has 3 aromatic carbocycles. The Kier molecular flexibility index (Phi) is 8.99. The molecule has 11 heteroatoms. The largest absolute Gasteiger partial charge is 0.462 e. The highest BCUT2D eigenvalue weighted by Gasteiger charge is 2.53. The second-order valence-corrected chi connectivity index (χ2v) is 12.9. The molecule has 11 nitrogen and oxygen atoms in total. The van der Waals surface area contributed by atoms with Gasteiger partial charge >= 0.3 is 11.9 Å². The summed E-state index contributed by atoms with van der Waals surface area (Å²) < 4.78 is 15.0. The SMILES string of the molecule is CCCCCc1c(Cc2ccc(-c3ccccc3-c3nnn[nH]3)cc2)c(=O)n2n1C1(C(=O)Oc3ccc(C(=O)OCC)cc3)CCC2CC1. The van der Waals surface area contributed by atoms with Crippen molar-refractivity contribution in [3.05, 3.63) is 106 Å². The van der Waals surface area contributed by atoms with Crippen molar-refractivity contribution in [2.45, 2.75) is 83.2 Å². The number of ether oxygens (including phenoxy) is 2. The molecule has 252 valence electrons. The Morgan fingerprint density at radius 1 is 0.939 bits per heavy atom. The minimum atomic E-state index is -0.976. The number of H-pyrrole nitrogens is 1. The van der Waals surface area contributed by atoms with Gasteiger partial charge in [-0.15, -0.1) is 5.10 Å². The highest BCUT2D eigenvalue weighted by molar-refractivity contribution is 5.89. The fourth-order valence-electron chi connectivity index (χ4n) is 7.50. The number of nitrogens with one attached hydrogen (secondary N) is 1. The van der Waals surface area contributed by atoms with Gasteiger partial charge in [0.15, 0.2) is 11.4 Å². The fraction of sp³-hybridized carbons (Fsp3) is 0.368. The van der Waals surface area contributed by atoms with Crippen molar-refractivity contribution in [1.29, 1.82) is 0 Å². The maximum absolute atomic E-state index is 14.3. The monoisotopic (exact) mass is 660 g/mol. The van der Waals surface area contributed by atoms with Gasteiger partial charge in [0.1, 0.15) is 5.75 Å². The number of aromatic amines is 1. The van der Waals surface area contributed by atoms with Crippen molar-refractivity contribution in [1.82, 2.24) is 30.0 Å². The molecule has 0 unspecified atom stereocenters. The van der Waals surface area contributed by atoms with Crippen molar-refractivity contribution in [2.24, 2.45) is 0 Å². The van der Waals surface area contributed by atoms with Crippen LogP contribution in [-0.4, -0.2) is 48.5 Å². The number of carbonyl (C=O) groups is 2. The number of fused-ring (bicyclic) bond motifs is 2. The number of unbranched alkanes of at least 4 members (excludes halogenated alkanes) is 2. The third kappa shape index (κ3) is 5.98. The van der Waals surface area contributed by atoms with Crippen molar-refractivity contribution in [3.63, 3.8) is 0 Å². The molecule has 49 heavy (non-hydrogen) atoms. The zero-order chi connectivity index (χ0) is 34.0. The van der Waals surface area contributed by atoms with Gasteiger partial charge in [0, 0.05) is 23.2 Å². The number of hydrogen-bond donors (Lipinski definition) is 1. The molecular formula is C38H40N6O5. The molecule has 4 heterocycles. The Bertz CT molecular complexity index is 2000. The van der Waals surface area contributed by atoms with E-state index in [0.29, 0.717) is 42.8 Å². The van der Waals surface area contributed by atoms with E-state index in [1.165, 1.54) is 0 Å². The van der Waals surface area contributed by atoms with E-state index in [4.69, 9.17) is 9.47 Å². The number of tetrazole rings is 1. The second kappa shape index (κ2) is 13.7. The Labute approximate surface area is 284 Å². The van der Waals surface area contributed by atoms with Gasteiger partial charge in [-0.1, -0.05) is 68.3 Å². The Hall–Kier alpha value is -5.32. The second-order valence-electron chi connectivity index (χ2n) is 12.9. The summed E-state index contributed by atoms with van der Waals surface area (Å²) in [6.07, 6.45) is 6.87. The number of carbonyl (C=O) groups excluding carboxylic acids is 2. The summed E-state index contributed by atoms with van der Waals surface area (Å²) in [6.45, 7) is 4.20. The molecule has 0 atom stereocenters. The van der Waals surface area contributed by atoms with Gasteiger partial charge in [-0.2, -0.15) is 0 Å². The number of nitrogens with zero attached hydrogens (tertiary/aromatic N) is 5. The molecule has 1 saturated carbocycles. The van der Waals surface area contributed by atoms with E-state index < -0.39 is 11.5 Å². The van der Waals surface area contributed by atoms with Crippen LogP contribution in [0.1, 0.15) is 92.0 Å². The molecule has 8 rings (SSSR count). The van der Waals surface area contributed by atoms with Crippen molar-refractivity contribution in [3.8, 4) is 28.3 Å². The lowest BCUT2D eigenvalue weighted by molar-refractivity contribution is -0.152. The van der Waals surface area contributed by atoms with Crippen LogP contribution in [-0.2, 0) is 27.9 Å². The van der Waals surface area contributed by atoms with Gasteiger partial charge in [0.25, 0.3) is 5.56 Å². The molecule has 1 fully saturated rings. The number of rotatable bonds is 12. The lowest BCUT2D eigenvalue weighted by Crippen LogP contribution is -2.56. The summed E-state index contributed by atoms with van der Waals surface area (Å²) in [5, 5.41) is 14.4. The Morgan fingerprint density at radius 2 is 1.67 bits per heavy atom. The molecule has 3 aliphatic rings. The highest BCUT2D eigenvalue weighted by atomic mass is 16.5. The summed E-state index contributed by atoms with van der Waals surface area (Å²) in [4.78, 5) is 40.7. The third-order valence-electron chi connectivity index (χ3n) is 9.97. The van der Waals surface area contributed by atoms with E-state index >= 15 is 0 Å². The minimum absolute atomic E-state index is 0.0147. The first-order valence-electron chi connectivity index (χ1n) is 17.2. The van der Waals surface area contributed by atoms with Gasteiger partial charge in [0.2, 0.25) is 0 Å². The number of hydrogen-bond acceptors (Lipinski definition) is 8.